The molecule has 1 heterocycles. The van der Waals surface area contributed by atoms with E-state index in [0.717, 1.165) is 11.7 Å². The summed E-state index contributed by atoms with van der Waals surface area (Å²) in [6, 6.07) is 47.7. The number of fused-ring (bicyclic) bond motifs is 1. The molecular weight excluding hydrogens is 577 g/mol. The third-order valence-corrected chi connectivity index (χ3v) is 12.1. The molecule has 5 aromatic carbocycles. The minimum atomic E-state index is -2.01. The molecule has 3 nitrogen and oxygen atoms in total. The maximum atomic E-state index is 13.1. The van der Waals surface area contributed by atoms with Crippen LogP contribution in [-0.4, -0.2) is 16.7 Å². The van der Waals surface area contributed by atoms with Gasteiger partial charge in [-0.05, 0) is 66.6 Å². The Kier molecular flexibility index (Phi) is 8.12. The second kappa shape index (κ2) is 11.7. The van der Waals surface area contributed by atoms with Gasteiger partial charge in [0.25, 0.3) is 11.8 Å². The molecule has 0 spiro atoms. The minimum Gasteiger partial charge on any atom is -1.00 e. The summed E-state index contributed by atoms with van der Waals surface area (Å²) in [5.41, 5.74) is 3.12. The number of carbonyl (C=O) groups excluding carboxylic acids is 2. The van der Waals surface area contributed by atoms with Crippen LogP contribution < -0.4 is 32.9 Å². The normalized spacial score (nSPS) is 13.5. The number of imide groups is 1. The Morgan fingerprint density at radius 1 is 0.550 bits per heavy atom. The average Bonchev–Trinajstić information content (AvgIpc) is 3.26. The lowest BCUT2D eigenvalue weighted by molar-refractivity contribution is -0.0000336. The standard InChI is InChI=1S/C35H29NO2P.BrH/c1-26(36-34(37)32-19-11-12-20-33(32)35(36)38)28-23-21-27(22-24-28)25-39(29-13-5-2-6-14-29,30-15-7-3-8-16-30)31-17-9-4-10-18-31;/h2-24,26H,25H2,1H3;1H/q+1;/p-1. The van der Waals surface area contributed by atoms with Crippen LogP contribution in [0.2, 0.25) is 0 Å². The number of hydrogen-bond acceptors (Lipinski definition) is 2. The first-order valence-corrected chi connectivity index (χ1v) is 15.2. The number of amides is 2. The van der Waals surface area contributed by atoms with Crippen LogP contribution in [0.25, 0.3) is 0 Å². The van der Waals surface area contributed by atoms with Gasteiger partial charge >= 0.3 is 0 Å². The molecule has 6 rings (SSSR count). The van der Waals surface area contributed by atoms with Crippen LogP contribution in [0.3, 0.4) is 0 Å². The van der Waals surface area contributed by atoms with Crippen molar-refractivity contribution in [3.05, 3.63) is 162 Å². The molecule has 5 heteroatoms. The summed E-state index contributed by atoms with van der Waals surface area (Å²) in [6.07, 6.45) is 0.868. The highest BCUT2D eigenvalue weighted by molar-refractivity contribution is 7.95. The molecule has 1 aliphatic rings. The Bertz CT molecular complexity index is 1490. The Morgan fingerprint density at radius 2 is 0.925 bits per heavy atom. The Balaban J connectivity index is 0.00000323. The van der Waals surface area contributed by atoms with Gasteiger partial charge in [-0.2, -0.15) is 0 Å². The monoisotopic (exact) mass is 605 g/mol. The Hall–Kier alpha value is -3.85. The lowest BCUT2D eigenvalue weighted by Gasteiger charge is -2.28. The van der Waals surface area contributed by atoms with Crippen LogP contribution in [0, 0.1) is 0 Å². The smallest absolute Gasteiger partial charge is 0.262 e. The van der Waals surface area contributed by atoms with E-state index in [4.69, 9.17) is 0 Å². The summed E-state index contributed by atoms with van der Waals surface area (Å²) >= 11 is 0. The van der Waals surface area contributed by atoms with E-state index in [1.165, 1.54) is 26.4 Å². The molecule has 0 aliphatic carbocycles. The van der Waals surface area contributed by atoms with Crippen molar-refractivity contribution in [1.29, 1.82) is 0 Å². The Labute approximate surface area is 246 Å². The number of carbonyl (C=O) groups is 2. The van der Waals surface area contributed by atoms with Gasteiger partial charge in [-0.25, -0.2) is 0 Å². The summed E-state index contributed by atoms with van der Waals surface area (Å²) in [6.45, 7) is 1.92. The molecule has 40 heavy (non-hydrogen) atoms. The minimum absolute atomic E-state index is 0. The van der Waals surface area contributed by atoms with Crippen LogP contribution in [-0.2, 0) is 6.16 Å². The highest BCUT2D eigenvalue weighted by Crippen LogP contribution is 2.58. The van der Waals surface area contributed by atoms with Crippen molar-refractivity contribution < 1.29 is 26.6 Å². The van der Waals surface area contributed by atoms with Gasteiger partial charge in [-0.3, -0.25) is 14.5 Å². The van der Waals surface area contributed by atoms with Gasteiger partial charge in [0.2, 0.25) is 0 Å². The summed E-state index contributed by atoms with van der Waals surface area (Å²) in [5.74, 6) is -0.455. The maximum Gasteiger partial charge on any atom is 0.262 e. The maximum absolute atomic E-state index is 13.1. The van der Waals surface area contributed by atoms with Crippen LogP contribution in [0.1, 0.15) is 44.8 Å². The number of benzene rings is 5. The SMILES string of the molecule is CC(c1ccc(C[P+](c2ccccc2)(c2ccccc2)c2ccccc2)cc1)N1C(=O)c2ccccc2C1=O.[Br-]. The van der Waals surface area contributed by atoms with Crippen molar-refractivity contribution in [2.75, 3.05) is 0 Å². The molecule has 0 fully saturated rings. The first-order chi connectivity index (χ1) is 19.1. The molecule has 1 aliphatic heterocycles. The summed E-state index contributed by atoms with van der Waals surface area (Å²) in [5, 5.41) is 4.02. The zero-order valence-corrected chi connectivity index (χ0v) is 24.6. The van der Waals surface area contributed by atoms with Gasteiger partial charge in [-0.1, -0.05) is 91.0 Å². The predicted octanol–water partition coefficient (Wildman–Crippen LogP) is 3.54. The third kappa shape index (κ3) is 4.83. The van der Waals surface area contributed by atoms with E-state index in [2.05, 4.69) is 115 Å². The van der Waals surface area contributed by atoms with E-state index in [1.807, 2.05) is 6.92 Å². The second-order valence-corrected chi connectivity index (χ2v) is 13.4. The highest BCUT2D eigenvalue weighted by Gasteiger charge is 2.45. The zero-order valence-electron chi connectivity index (χ0n) is 22.2. The van der Waals surface area contributed by atoms with Gasteiger partial charge in [0.15, 0.2) is 0 Å². The number of nitrogens with zero attached hydrogens (tertiary/aromatic N) is 1. The van der Waals surface area contributed by atoms with Crippen LogP contribution in [0.4, 0.5) is 0 Å². The molecule has 198 valence electrons. The molecule has 2 amide bonds. The Morgan fingerprint density at radius 3 is 1.32 bits per heavy atom. The fourth-order valence-corrected chi connectivity index (χ4v) is 9.90. The van der Waals surface area contributed by atoms with Crippen molar-refractivity contribution in [3.8, 4) is 0 Å². The van der Waals surface area contributed by atoms with Gasteiger partial charge in [0.05, 0.1) is 23.3 Å². The third-order valence-electron chi connectivity index (χ3n) is 7.69. The lowest BCUT2D eigenvalue weighted by Crippen LogP contribution is -3.00. The highest BCUT2D eigenvalue weighted by atomic mass is 79.9. The molecule has 0 radical (unpaired) electrons. The van der Waals surface area contributed by atoms with E-state index >= 15 is 0 Å². The number of rotatable bonds is 7. The molecular formula is C35H29BrNO2P. The molecule has 0 N–H and O–H groups in total. The fourth-order valence-electron chi connectivity index (χ4n) is 5.65. The van der Waals surface area contributed by atoms with E-state index in [9.17, 15) is 9.59 Å². The number of halogens is 1. The average molecular weight is 607 g/mol. The second-order valence-electron chi connectivity index (χ2n) is 9.92. The quantitative estimate of drug-likeness (QED) is 0.210. The van der Waals surface area contributed by atoms with Crippen molar-refractivity contribution in [3.63, 3.8) is 0 Å². The predicted molar refractivity (Wildman–Crippen MR) is 161 cm³/mol. The fraction of sp³-hybridized carbons (Fsp3) is 0.0857. The summed E-state index contributed by atoms with van der Waals surface area (Å²) in [4.78, 5) is 27.5. The van der Waals surface area contributed by atoms with Crippen LogP contribution >= 0.6 is 7.26 Å². The number of hydrogen-bond donors (Lipinski definition) is 0. The van der Waals surface area contributed by atoms with Crippen LogP contribution in [0.5, 0.6) is 0 Å². The van der Waals surface area contributed by atoms with Crippen molar-refractivity contribution >= 4 is 35.0 Å². The van der Waals surface area contributed by atoms with Crippen molar-refractivity contribution in [2.24, 2.45) is 0 Å². The first-order valence-electron chi connectivity index (χ1n) is 13.2. The van der Waals surface area contributed by atoms with Crippen molar-refractivity contribution in [2.45, 2.75) is 19.1 Å². The largest absolute Gasteiger partial charge is 1.00 e. The van der Waals surface area contributed by atoms with E-state index in [1.54, 1.807) is 24.3 Å². The zero-order chi connectivity index (χ0) is 26.8. The lowest BCUT2D eigenvalue weighted by atomic mass is 10.1. The van der Waals surface area contributed by atoms with E-state index in [0.29, 0.717) is 11.1 Å². The molecule has 5 aromatic rings. The molecule has 1 atom stereocenters. The molecule has 1 unspecified atom stereocenters. The van der Waals surface area contributed by atoms with Crippen molar-refractivity contribution in [1.82, 2.24) is 4.90 Å². The molecule has 0 aromatic heterocycles. The van der Waals surface area contributed by atoms with Crippen LogP contribution in [0.15, 0.2) is 140 Å². The molecule has 0 bridgehead atoms. The van der Waals surface area contributed by atoms with Gasteiger partial charge < -0.3 is 17.0 Å². The molecule has 0 saturated carbocycles. The molecule has 0 saturated heterocycles. The van der Waals surface area contributed by atoms with Gasteiger partial charge in [0.1, 0.15) is 23.2 Å². The van der Waals surface area contributed by atoms with E-state index < -0.39 is 7.26 Å². The first kappa shape index (κ1) is 27.7. The van der Waals surface area contributed by atoms with E-state index in [-0.39, 0.29) is 34.8 Å². The van der Waals surface area contributed by atoms with Gasteiger partial charge in [0, 0.05) is 0 Å². The van der Waals surface area contributed by atoms with Gasteiger partial charge in [-0.15, -0.1) is 0 Å². The summed E-state index contributed by atoms with van der Waals surface area (Å²) < 4.78 is 0. The topological polar surface area (TPSA) is 37.4 Å². The summed E-state index contributed by atoms with van der Waals surface area (Å²) in [7, 11) is -2.01.